The van der Waals surface area contributed by atoms with Gasteiger partial charge in [-0.05, 0) is 45.2 Å². The number of rotatable bonds is 6. The lowest BCUT2D eigenvalue weighted by molar-refractivity contribution is 0.192. The summed E-state index contributed by atoms with van der Waals surface area (Å²) in [4.78, 5) is 2.57. The molecule has 0 atom stereocenters. The normalized spacial score (nSPS) is 23.6. The molecule has 88 valence electrons. The summed E-state index contributed by atoms with van der Waals surface area (Å²) in [6.07, 6.45) is 10.1. The molecule has 0 amide bonds. The Bertz CT molecular complexity index is 171. The van der Waals surface area contributed by atoms with E-state index in [2.05, 4.69) is 17.3 Å². The highest BCUT2D eigenvalue weighted by atomic mass is 15.1. The van der Waals surface area contributed by atoms with Gasteiger partial charge in [0.15, 0.2) is 0 Å². The van der Waals surface area contributed by atoms with Crippen LogP contribution in [0.1, 0.15) is 44.9 Å². The van der Waals surface area contributed by atoms with Crippen LogP contribution in [0, 0.1) is 5.92 Å². The number of hydrogen-bond donors (Lipinski definition) is 1. The van der Waals surface area contributed by atoms with Crippen molar-refractivity contribution in [2.75, 3.05) is 26.7 Å². The van der Waals surface area contributed by atoms with Crippen molar-refractivity contribution in [2.24, 2.45) is 5.92 Å². The Hall–Kier alpha value is -0.0800. The highest BCUT2D eigenvalue weighted by Crippen LogP contribution is 2.27. The zero-order valence-corrected chi connectivity index (χ0v) is 10.2. The van der Waals surface area contributed by atoms with E-state index in [9.17, 15) is 0 Å². The van der Waals surface area contributed by atoms with Gasteiger partial charge in [-0.15, -0.1) is 0 Å². The van der Waals surface area contributed by atoms with E-state index in [-0.39, 0.29) is 0 Å². The maximum absolute atomic E-state index is 3.58. The molecule has 15 heavy (non-hydrogen) atoms. The molecule has 0 bridgehead atoms. The first kappa shape index (κ1) is 11.4. The summed E-state index contributed by atoms with van der Waals surface area (Å²) in [6.45, 7) is 3.68. The number of nitrogens with zero attached hydrogens (tertiary/aromatic N) is 1. The van der Waals surface area contributed by atoms with Gasteiger partial charge in [0.05, 0.1) is 0 Å². The molecule has 2 fully saturated rings. The van der Waals surface area contributed by atoms with Crippen LogP contribution < -0.4 is 5.32 Å². The molecule has 0 heterocycles. The first-order valence-corrected chi connectivity index (χ1v) is 6.77. The van der Waals surface area contributed by atoms with Gasteiger partial charge in [0, 0.05) is 19.1 Å². The SMILES string of the molecule is CN(CCNCC1CC1)C1CCCCC1. The minimum absolute atomic E-state index is 0.876. The summed E-state index contributed by atoms with van der Waals surface area (Å²) in [6, 6.07) is 0.876. The topological polar surface area (TPSA) is 15.3 Å². The van der Waals surface area contributed by atoms with E-state index in [4.69, 9.17) is 0 Å². The summed E-state index contributed by atoms with van der Waals surface area (Å²) >= 11 is 0. The minimum Gasteiger partial charge on any atom is -0.315 e. The molecular weight excluding hydrogens is 184 g/mol. The van der Waals surface area contributed by atoms with Crippen LogP contribution in [-0.4, -0.2) is 37.6 Å². The van der Waals surface area contributed by atoms with Crippen molar-refractivity contribution in [3.8, 4) is 0 Å². The van der Waals surface area contributed by atoms with Gasteiger partial charge in [-0.1, -0.05) is 19.3 Å². The van der Waals surface area contributed by atoms with Crippen molar-refractivity contribution in [1.29, 1.82) is 0 Å². The van der Waals surface area contributed by atoms with Gasteiger partial charge in [0.25, 0.3) is 0 Å². The van der Waals surface area contributed by atoms with E-state index in [1.54, 1.807) is 0 Å². The summed E-state index contributed by atoms with van der Waals surface area (Å²) in [5, 5.41) is 3.58. The molecule has 0 aromatic rings. The van der Waals surface area contributed by atoms with Crippen LogP contribution in [0.15, 0.2) is 0 Å². The Balaban J connectivity index is 1.52. The van der Waals surface area contributed by atoms with Crippen LogP contribution in [0.2, 0.25) is 0 Å². The average molecular weight is 210 g/mol. The predicted molar refractivity (Wildman–Crippen MR) is 65.1 cm³/mol. The maximum Gasteiger partial charge on any atom is 0.0107 e. The second-order valence-electron chi connectivity index (χ2n) is 5.42. The van der Waals surface area contributed by atoms with Gasteiger partial charge in [-0.2, -0.15) is 0 Å². The Morgan fingerprint density at radius 3 is 2.47 bits per heavy atom. The molecule has 2 aliphatic rings. The summed E-state index contributed by atoms with van der Waals surface area (Å²) in [5.41, 5.74) is 0. The van der Waals surface area contributed by atoms with Crippen molar-refractivity contribution in [1.82, 2.24) is 10.2 Å². The molecule has 2 rings (SSSR count). The second-order valence-corrected chi connectivity index (χ2v) is 5.42. The Morgan fingerprint density at radius 2 is 1.80 bits per heavy atom. The van der Waals surface area contributed by atoms with Crippen molar-refractivity contribution in [3.05, 3.63) is 0 Å². The zero-order chi connectivity index (χ0) is 10.5. The molecule has 0 aromatic heterocycles. The van der Waals surface area contributed by atoms with E-state index in [1.807, 2.05) is 0 Å². The molecule has 0 aliphatic heterocycles. The molecule has 0 saturated heterocycles. The maximum atomic E-state index is 3.58. The van der Waals surface area contributed by atoms with Crippen LogP contribution >= 0.6 is 0 Å². The minimum atomic E-state index is 0.876. The highest BCUT2D eigenvalue weighted by Gasteiger charge is 2.21. The van der Waals surface area contributed by atoms with Crippen molar-refractivity contribution >= 4 is 0 Å². The highest BCUT2D eigenvalue weighted by molar-refractivity contribution is 4.77. The first-order valence-electron chi connectivity index (χ1n) is 6.77. The smallest absolute Gasteiger partial charge is 0.0107 e. The molecule has 0 aromatic carbocycles. The van der Waals surface area contributed by atoms with E-state index in [1.165, 1.54) is 64.6 Å². The van der Waals surface area contributed by atoms with E-state index < -0.39 is 0 Å². The van der Waals surface area contributed by atoms with Gasteiger partial charge in [0.1, 0.15) is 0 Å². The lowest BCUT2D eigenvalue weighted by Gasteiger charge is -2.31. The molecule has 2 aliphatic carbocycles. The number of hydrogen-bond acceptors (Lipinski definition) is 2. The molecular formula is C13H26N2. The third-order valence-electron chi connectivity index (χ3n) is 3.97. The van der Waals surface area contributed by atoms with Crippen molar-refractivity contribution in [2.45, 2.75) is 51.0 Å². The molecule has 2 heteroatoms. The van der Waals surface area contributed by atoms with E-state index in [0.717, 1.165) is 12.0 Å². The second kappa shape index (κ2) is 5.86. The average Bonchev–Trinajstić information content (AvgIpc) is 3.09. The largest absolute Gasteiger partial charge is 0.315 e. The number of nitrogens with one attached hydrogen (secondary N) is 1. The lowest BCUT2D eigenvalue weighted by Crippen LogP contribution is -2.38. The molecule has 2 saturated carbocycles. The van der Waals surface area contributed by atoms with Gasteiger partial charge in [-0.25, -0.2) is 0 Å². The first-order chi connectivity index (χ1) is 7.36. The predicted octanol–water partition coefficient (Wildman–Crippen LogP) is 2.25. The number of likely N-dealkylation sites (N-methyl/N-ethyl adjacent to an activating group) is 1. The van der Waals surface area contributed by atoms with Crippen LogP contribution in [0.3, 0.4) is 0 Å². The van der Waals surface area contributed by atoms with Gasteiger partial charge >= 0.3 is 0 Å². The van der Waals surface area contributed by atoms with Gasteiger partial charge in [0.2, 0.25) is 0 Å². The van der Waals surface area contributed by atoms with Crippen molar-refractivity contribution in [3.63, 3.8) is 0 Å². The summed E-state index contributed by atoms with van der Waals surface area (Å²) in [5.74, 6) is 1.02. The fraction of sp³-hybridized carbons (Fsp3) is 1.00. The van der Waals surface area contributed by atoms with Crippen LogP contribution in [0.4, 0.5) is 0 Å². The molecule has 0 radical (unpaired) electrons. The molecule has 2 nitrogen and oxygen atoms in total. The Morgan fingerprint density at radius 1 is 1.07 bits per heavy atom. The van der Waals surface area contributed by atoms with Crippen LogP contribution in [0.25, 0.3) is 0 Å². The standard InChI is InChI=1S/C13H26N2/c1-15(13-5-3-2-4-6-13)10-9-14-11-12-7-8-12/h12-14H,2-11H2,1H3. The van der Waals surface area contributed by atoms with E-state index in [0.29, 0.717) is 0 Å². The van der Waals surface area contributed by atoms with Gasteiger partial charge in [-0.3, -0.25) is 0 Å². The summed E-state index contributed by atoms with van der Waals surface area (Å²) in [7, 11) is 2.30. The zero-order valence-electron chi connectivity index (χ0n) is 10.2. The Kier molecular flexibility index (Phi) is 4.45. The molecule has 0 unspecified atom stereocenters. The molecule has 0 spiro atoms. The molecule has 1 N–H and O–H groups in total. The lowest BCUT2D eigenvalue weighted by atomic mass is 9.94. The monoisotopic (exact) mass is 210 g/mol. The quantitative estimate of drug-likeness (QED) is 0.676. The Labute approximate surface area is 94.4 Å². The van der Waals surface area contributed by atoms with Crippen LogP contribution in [-0.2, 0) is 0 Å². The third kappa shape index (κ3) is 4.12. The fourth-order valence-electron chi connectivity index (χ4n) is 2.59. The fourth-order valence-corrected chi connectivity index (χ4v) is 2.59. The van der Waals surface area contributed by atoms with Crippen LogP contribution in [0.5, 0.6) is 0 Å². The summed E-state index contributed by atoms with van der Waals surface area (Å²) < 4.78 is 0. The van der Waals surface area contributed by atoms with E-state index >= 15 is 0 Å². The van der Waals surface area contributed by atoms with Crippen molar-refractivity contribution < 1.29 is 0 Å². The third-order valence-corrected chi connectivity index (χ3v) is 3.97. The van der Waals surface area contributed by atoms with Gasteiger partial charge < -0.3 is 10.2 Å².